The lowest BCUT2D eigenvalue weighted by molar-refractivity contribution is -0.138. The maximum Gasteiger partial charge on any atom is 0.328 e. The second-order valence-corrected chi connectivity index (χ2v) is 7.56. The molecule has 3 unspecified atom stereocenters. The summed E-state index contributed by atoms with van der Waals surface area (Å²) in [7, 11) is 1.76. The Morgan fingerprint density at radius 1 is 1.26 bits per heavy atom. The first kappa shape index (κ1) is 18.0. The first-order chi connectivity index (χ1) is 13.0. The minimum Gasteiger partial charge on any atom is -0.343 e. The van der Waals surface area contributed by atoms with E-state index >= 15 is 0 Å². The maximum absolute atomic E-state index is 13.1. The molecule has 3 heterocycles. The molecule has 0 bridgehead atoms. The van der Waals surface area contributed by atoms with Crippen LogP contribution in [0.1, 0.15) is 17.5 Å². The zero-order valence-corrected chi connectivity index (χ0v) is 16.2. The average molecular weight is 369 g/mol. The van der Waals surface area contributed by atoms with Gasteiger partial charge in [0.1, 0.15) is 18.5 Å². The van der Waals surface area contributed by atoms with Gasteiger partial charge in [-0.05, 0) is 37.5 Å². The SMILES string of the molecule is C=CCN1C(=O)C2C(NC3N(c4cccc(C)c4C)CCCN23)N(C)C1=O. The minimum absolute atomic E-state index is 0.0999. The Kier molecular flexibility index (Phi) is 4.44. The zero-order chi connectivity index (χ0) is 19.3. The third kappa shape index (κ3) is 2.64. The molecule has 3 saturated heterocycles. The van der Waals surface area contributed by atoms with Gasteiger partial charge in [0.2, 0.25) is 0 Å². The molecule has 0 aromatic heterocycles. The largest absolute Gasteiger partial charge is 0.343 e. The Labute approximate surface area is 160 Å². The number of rotatable bonds is 3. The summed E-state index contributed by atoms with van der Waals surface area (Å²) in [6.07, 6.45) is 2.16. The van der Waals surface area contributed by atoms with Crippen LogP contribution >= 0.6 is 0 Å². The number of benzene rings is 1. The number of carbonyl (C=O) groups is 2. The van der Waals surface area contributed by atoms with Gasteiger partial charge in [0.25, 0.3) is 5.91 Å². The van der Waals surface area contributed by atoms with Gasteiger partial charge in [-0.25, -0.2) is 4.79 Å². The van der Waals surface area contributed by atoms with Gasteiger partial charge >= 0.3 is 6.03 Å². The Balaban J connectivity index is 1.69. The van der Waals surface area contributed by atoms with Crippen LogP contribution in [0.3, 0.4) is 0 Å². The van der Waals surface area contributed by atoms with E-state index in [9.17, 15) is 9.59 Å². The van der Waals surface area contributed by atoms with Crippen molar-refractivity contribution in [1.29, 1.82) is 0 Å². The lowest BCUT2D eigenvalue weighted by Gasteiger charge is -2.44. The lowest BCUT2D eigenvalue weighted by Crippen LogP contribution is -2.66. The molecule has 3 aliphatic heterocycles. The fourth-order valence-corrected chi connectivity index (χ4v) is 4.51. The first-order valence-corrected chi connectivity index (χ1v) is 9.49. The van der Waals surface area contributed by atoms with E-state index in [2.05, 4.69) is 53.7 Å². The molecular formula is C20H27N5O2. The van der Waals surface area contributed by atoms with E-state index in [1.807, 2.05) is 0 Å². The Hall–Kier alpha value is -2.38. The van der Waals surface area contributed by atoms with E-state index in [4.69, 9.17) is 0 Å². The Morgan fingerprint density at radius 2 is 2.04 bits per heavy atom. The quantitative estimate of drug-likeness (QED) is 0.818. The fourth-order valence-electron chi connectivity index (χ4n) is 4.51. The second-order valence-electron chi connectivity index (χ2n) is 7.56. The number of imide groups is 1. The number of urea groups is 1. The normalized spacial score (nSPS) is 28.4. The van der Waals surface area contributed by atoms with E-state index in [0.29, 0.717) is 0 Å². The molecule has 3 aliphatic rings. The molecule has 3 atom stereocenters. The monoisotopic (exact) mass is 369 g/mol. The molecule has 1 aromatic rings. The Morgan fingerprint density at radius 3 is 2.78 bits per heavy atom. The number of hydrogen-bond acceptors (Lipinski definition) is 5. The number of aryl methyl sites for hydroxylation is 1. The smallest absolute Gasteiger partial charge is 0.328 e. The molecule has 0 saturated carbocycles. The van der Waals surface area contributed by atoms with Gasteiger partial charge in [0.05, 0.1) is 0 Å². The van der Waals surface area contributed by atoms with Gasteiger partial charge < -0.3 is 9.80 Å². The number of hydrogen-bond donors (Lipinski definition) is 1. The van der Waals surface area contributed by atoms with Crippen molar-refractivity contribution in [3.63, 3.8) is 0 Å². The van der Waals surface area contributed by atoms with Crippen LogP contribution in [0.25, 0.3) is 0 Å². The van der Waals surface area contributed by atoms with Crippen LogP contribution in [-0.2, 0) is 4.79 Å². The standard InChI is InChI=1S/C20H27N5O2/c1-5-10-25-18(26)16-17(22(4)20(25)27)21-19-23(11-7-12-24(16)19)15-9-6-8-13(2)14(15)3/h5-6,8-9,16-17,19,21H,1,7,10-12H2,2-4H3. The molecule has 27 heavy (non-hydrogen) atoms. The number of carbonyl (C=O) groups excluding carboxylic acids is 2. The lowest BCUT2D eigenvalue weighted by atomic mass is 10.1. The van der Waals surface area contributed by atoms with Gasteiger partial charge in [-0.3, -0.25) is 19.9 Å². The summed E-state index contributed by atoms with van der Waals surface area (Å²) in [4.78, 5) is 33.2. The van der Waals surface area contributed by atoms with Crippen LogP contribution in [0.15, 0.2) is 30.9 Å². The Bertz CT molecular complexity index is 795. The number of nitrogens with zero attached hydrogens (tertiary/aromatic N) is 4. The molecule has 3 fully saturated rings. The first-order valence-electron chi connectivity index (χ1n) is 9.49. The predicted molar refractivity (Wildman–Crippen MR) is 104 cm³/mol. The second kappa shape index (κ2) is 6.65. The third-order valence-electron chi connectivity index (χ3n) is 6.07. The van der Waals surface area contributed by atoms with Crippen LogP contribution in [0.4, 0.5) is 10.5 Å². The van der Waals surface area contributed by atoms with Gasteiger partial charge in [0, 0.05) is 32.4 Å². The van der Waals surface area contributed by atoms with Crippen molar-refractivity contribution in [3.05, 3.63) is 42.0 Å². The summed E-state index contributed by atoms with van der Waals surface area (Å²) in [5.41, 5.74) is 3.68. The molecular weight excluding hydrogens is 342 g/mol. The molecule has 0 spiro atoms. The number of likely N-dealkylation sites (N-methyl/N-ethyl adjacent to an activating group) is 1. The van der Waals surface area contributed by atoms with E-state index < -0.39 is 0 Å². The van der Waals surface area contributed by atoms with Crippen LogP contribution in [0, 0.1) is 13.8 Å². The molecule has 144 valence electrons. The summed E-state index contributed by atoms with van der Waals surface area (Å²) in [6.45, 7) is 9.92. The van der Waals surface area contributed by atoms with Crippen molar-refractivity contribution >= 4 is 17.6 Å². The van der Waals surface area contributed by atoms with E-state index in [0.717, 1.165) is 19.5 Å². The van der Waals surface area contributed by atoms with Crippen molar-refractivity contribution in [2.75, 3.05) is 31.6 Å². The van der Waals surface area contributed by atoms with Crippen LogP contribution in [0.2, 0.25) is 0 Å². The van der Waals surface area contributed by atoms with Crippen molar-refractivity contribution in [2.24, 2.45) is 0 Å². The topological polar surface area (TPSA) is 59.1 Å². The van der Waals surface area contributed by atoms with Gasteiger partial charge in [-0.1, -0.05) is 18.2 Å². The summed E-state index contributed by atoms with van der Waals surface area (Å²) < 4.78 is 0. The zero-order valence-electron chi connectivity index (χ0n) is 16.2. The maximum atomic E-state index is 13.1. The minimum atomic E-state index is -0.370. The molecule has 1 aromatic carbocycles. The van der Waals surface area contributed by atoms with Crippen LogP contribution < -0.4 is 10.2 Å². The molecule has 0 radical (unpaired) electrons. The third-order valence-corrected chi connectivity index (χ3v) is 6.07. The summed E-state index contributed by atoms with van der Waals surface area (Å²) in [6, 6.07) is 5.69. The molecule has 4 rings (SSSR count). The molecule has 0 aliphatic carbocycles. The number of amides is 3. The van der Waals surface area contributed by atoms with Crippen LogP contribution in [0.5, 0.6) is 0 Å². The number of fused-ring (bicyclic) bond motifs is 3. The van der Waals surface area contributed by atoms with Crippen molar-refractivity contribution in [1.82, 2.24) is 20.0 Å². The fraction of sp³-hybridized carbons (Fsp3) is 0.500. The highest BCUT2D eigenvalue weighted by Crippen LogP contribution is 2.34. The average Bonchev–Trinajstić information content (AvgIpc) is 3.06. The molecule has 1 N–H and O–H groups in total. The molecule has 7 nitrogen and oxygen atoms in total. The van der Waals surface area contributed by atoms with Gasteiger partial charge in [-0.2, -0.15) is 0 Å². The highest BCUT2D eigenvalue weighted by molar-refractivity contribution is 6.00. The van der Waals surface area contributed by atoms with Crippen molar-refractivity contribution in [2.45, 2.75) is 38.8 Å². The number of nitrogens with one attached hydrogen (secondary N) is 1. The number of anilines is 1. The van der Waals surface area contributed by atoms with Gasteiger partial charge in [0.15, 0.2) is 0 Å². The van der Waals surface area contributed by atoms with E-state index in [1.54, 1.807) is 18.0 Å². The van der Waals surface area contributed by atoms with Crippen molar-refractivity contribution in [3.8, 4) is 0 Å². The van der Waals surface area contributed by atoms with Crippen LogP contribution in [-0.4, -0.2) is 71.8 Å². The van der Waals surface area contributed by atoms with E-state index in [1.165, 1.54) is 21.7 Å². The summed E-state index contributed by atoms with van der Waals surface area (Å²) in [5, 5.41) is 3.55. The highest BCUT2D eigenvalue weighted by Gasteiger charge is 2.55. The molecule has 3 amide bonds. The molecule has 7 heteroatoms. The summed E-state index contributed by atoms with van der Waals surface area (Å²) >= 11 is 0. The van der Waals surface area contributed by atoms with Gasteiger partial charge in [-0.15, -0.1) is 6.58 Å². The predicted octanol–water partition coefficient (Wildman–Crippen LogP) is 1.48. The van der Waals surface area contributed by atoms with Crippen molar-refractivity contribution < 1.29 is 9.59 Å². The highest BCUT2D eigenvalue weighted by atomic mass is 16.2. The van der Waals surface area contributed by atoms with E-state index in [-0.39, 0.29) is 37.0 Å². The summed E-state index contributed by atoms with van der Waals surface area (Å²) in [5.74, 6) is -0.138.